The Morgan fingerprint density at radius 3 is 2.59 bits per heavy atom. The van der Waals surface area contributed by atoms with Crippen molar-refractivity contribution in [3.8, 4) is 5.75 Å². The highest BCUT2D eigenvalue weighted by molar-refractivity contribution is 5.69. The smallest absolute Gasteiger partial charge is 0.308 e. The van der Waals surface area contributed by atoms with Crippen LogP contribution >= 0.6 is 0 Å². The van der Waals surface area contributed by atoms with Crippen molar-refractivity contribution in [3.05, 3.63) is 28.8 Å². The lowest BCUT2D eigenvalue weighted by atomic mass is 9.89. The van der Waals surface area contributed by atoms with Gasteiger partial charge in [-0.15, -0.1) is 0 Å². The van der Waals surface area contributed by atoms with Gasteiger partial charge in [0.25, 0.3) is 0 Å². The van der Waals surface area contributed by atoms with Gasteiger partial charge in [0.05, 0.1) is 25.2 Å². The highest BCUT2D eigenvalue weighted by Gasteiger charge is 2.33. The SMILES string of the molecule is CCOC(=O)CC(O)CC(O)CCc1c(C(C)C)ccc2c1OC(C)(C)C2. The van der Waals surface area contributed by atoms with Gasteiger partial charge >= 0.3 is 5.97 Å². The van der Waals surface area contributed by atoms with Crippen LogP contribution in [-0.2, 0) is 22.4 Å². The van der Waals surface area contributed by atoms with Crippen LogP contribution in [-0.4, -0.2) is 40.6 Å². The highest BCUT2D eigenvalue weighted by atomic mass is 16.5. The molecule has 0 amide bonds. The Morgan fingerprint density at radius 2 is 1.96 bits per heavy atom. The molecular formula is C22H34O5. The number of ether oxygens (including phenoxy) is 2. The van der Waals surface area contributed by atoms with E-state index in [1.165, 1.54) is 11.1 Å². The summed E-state index contributed by atoms with van der Waals surface area (Å²) < 4.78 is 11.1. The van der Waals surface area contributed by atoms with Crippen molar-refractivity contribution >= 4 is 5.97 Å². The van der Waals surface area contributed by atoms with E-state index in [0.29, 0.717) is 25.4 Å². The van der Waals surface area contributed by atoms with E-state index in [4.69, 9.17) is 9.47 Å². The molecule has 1 aromatic rings. The van der Waals surface area contributed by atoms with Crippen molar-refractivity contribution in [1.82, 2.24) is 0 Å². The molecule has 0 bridgehead atoms. The molecule has 2 unspecified atom stereocenters. The van der Waals surface area contributed by atoms with Gasteiger partial charge in [-0.1, -0.05) is 26.0 Å². The molecule has 27 heavy (non-hydrogen) atoms. The van der Waals surface area contributed by atoms with E-state index < -0.39 is 18.2 Å². The number of fused-ring (bicyclic) bond motifs is 1. The number of carbonyl (C=O) groups is 1. The highest BCUT2D eigenvalue weighted by Crippen LogP contribution is 2.41. The van der Waals surface area contributed by atoms with Gasteiger partial charge in [-0.2, -0.15) is 0 Å². The van der Waals surface area contributed by atoms with Crippen LogP contribution in [0.5, 0.6) is 5.75 Å². The fourth-order valence-electron chi connectivity index (χ4n) is 3.77. The first-order chi connectivity index (χ1) is 12.6. The molecule has 0 saturated heterocycles. The molecule has 5 heteroatoms. The molecule has 2 atom stereocenters. The Morgan fingerprint density at radius 1 is 1.26 bits per heavy atom. The van der Waals surface area contributed by atoms with Gasteiger partial charge in [0.1, 0.15) is 11.4 Å². The number of hydrogen-bond donors (Lipinski definition) is 2. The van der Waals surface area contributed by atoms with Crippen molar-refractivity contribution in [1.29, 1.82) is 0 Å². The second-order valence-electron chi connectivity index (χ2n) is 8.41. The van der Waals surface area contributed by atoms with E-state index in [1.54, 1.807) is 6.92 Å². The lowest BCUT2D eigenvalue weighted by molar-refractivity contribution is -0.145. The number of aliphatic hydroxyl groups is 2. The first kappa shape index (κ1) is 21.7. The molecule has 2 rings (SSSR count). The zero-order chi connectivity index (χ0) is 20.2. The molecule has 1 heterocycles. The molecule has 0 saturated carbocycles. The number of aliphatic hydroxyl groups excluding tert-OH is 2. The van der Waals surface area contributed by atoms with E-state index in [1.807, 2.05) is 0 Å². The summed E-state index contributed by atoms with van der Waals surface area (Å²) >= 11 is 0. The predicted molar refractivity (Wildman–Crippen MR) is 105 cm³/mol. The third-order valence-corrected chi connectivity index (χ3v) is 4.97. The van der Waals surface area contributed by atoms with E-state index in [9.17, 15) is 15.0 Å². The molecule has 152 valence electrons. The second-order valence-corrected chi connectivity index (χ2v) is 8.41. The second kappa shape index (κ2) is 9.07. The summed E-state index contributed by atoms with van der Waals surface area (Å²) in [5, 5.41) is 20.3. The van der Waals surface area contributed by atoms with Gasteiger partial charge < -0.3 is 19.7 Å². The molecule has 5 nitrogen and oxygen atoms in total. The average Bonchev–Trinajstić information content (AvgIpc) is 2.86. The van der Waals surface area contributed by atoms with Crippen LogP contribution in [0.15, 0.2) is 12.1 Å². The van der Waals surface area contributed by atoms with Gasteiger partial charge in [0, 0.05) is 6.42 Å². The van der Waals surface area contributed by atoms with Crippen molar-refractivity contribution in [3.63, 3.8) is 0 Å². The topological polar surface area (TPSA) is 76.0 Å². The van der Waals surface area contributed by atoms with Gasteiger partial charge in [-0.05, 0) is 62.6 Å². The molecule has 0 aromatic heterocycles. The summed E-state index contributed by atoms with van der Waals surface area (Å²) in [6.45, 7) is 10.5. The van der Waals surface area contributed by atoms with E-state index >= 15 is 0 Å². The Kier molecular flexibility index (Phi) is 7.29. The van der Waals surface area contributed by atoms with Crippen molar-refractivity contribution in [2.45, 2.75) is 90.4 Å². The molecule has 0 radical (unpaired) electrons. The largest absolute Gasteiger partial charge is 0.487 e. The lowest BCUT2D eigenvalue weighted by Crippen LogP contribution is -2.25. The average molecular weight is 379 g/mol. The van der Waals surface area contributed by atoms with Gasteiger partial charge in [0.2, 0.25) is 0 Å². The minimum atomic E-state index is -0.889. The van der Waals surface area contributed by atoms with Crippen LogP contribution in [0.1, 0.15) is 76.5 Å². The monoisotopic (exact) mass is 378 g/mol. The number of rotatable bonds is 9. The molecule has 0 spiro atoms. The first-order valence-electron chi connectivity index (χ1n) is 9.98. The van der Waals surface area contributed by atoms with Crippen LogP contribution in [0, 0.1) is 0 Å². The van der Waals surface area contributed by atoms with Crippen LogP contribution in [0.4, 0.5) is 0 Å². The number of carbonyl (C=O) groups excluding carboxylic acids is 1. The maximum absolute atomic E-state index is 11.4. The molecule has 2 N–H and O–H groups in total. The van der Waals surface area contributed by atoms with Gasteiger partial charge in [0.15, 0.2) is 0 Å². The summed E-state index contributed by atoms with van der Waals surface area (Å²) in [7, 11) is 0. The Labute approximate surface area is 162 Å². The molecule has 0 fully saturated rings. The molecule has 1 aliphatic heterocycles. The Bertz CT molecular complexity index is 650. The standard InChI is InChI=1S/C22H34O5/c1-6-26-20(25)12-17(24)11-16(23)8-10-19-18(14(2)3)9-7-15-13-22(4,5)27-21(15)19/h7,9,14,16-17,23-24H,6,8,10-13H2,1-5H3. The predicted octanol–water partition coefficient (Wildman–Crippen LogP) is 3.52. The zero-order valence-corrected chi connectivity index (χ0v) is 17.2. The Hall–Kier alpha value is -1.59. The molecule has 1 aromatic carbocycles. The summed E-state index contributed by atoms with van der Waals surface area (Å²) in [6.07, 6.45) is 0.589. The molecule has 0 aliphatic carbocycles. The third kappa shape index (κ3) is 5.94. The van der Waals surface area contributed by atoms with Crippen molar-refractivity contribution in [2.24, 2.45) is 0 Å². The number of benzene rings is 1. The van der Waals surface area contributed by atoms with Crippen LogP contribution in [0.2, 0.25) is 0 Å². The van der Waals surface area contributed by atoms with Crippen LogP contribution in [0.3, 0.4) is 0 Å². The number of esters is 1. The fraction of sp³-hybridized carbons (Fsp3) is 0.682. The van der Waals surface area contributed by atoms with E-state index in [0.717, 1.165) is 17.7 Å². The van der Waals surface area contributed by atoms with Crippen molar-refractivity contribution < 1.29 is 24.5 Å². The van der Waals surface area contributed by atoms with Gasteiger partial charge in [-0.25, -0.2) is 0 Å². The van der Waals surface area contributed by atoms with Crippen LogP contribution in [0.25, 0.3) is 0 Å². The summed E-state index contributed by atoms with van der Waals surface area (Å²) in [5.41, 5.74) is 3.41. The third-order valence-electron chi connectivity index (χ3n) is 4.97. The minimum absolute atomic E-state index is 0.0832. The fourth-order valence-corrected chi connectivity index (χ4v) is 3.77. The summed E-state index contributed by atoms with van der Waals surface area (Å²) in [5.74, 6) is 0.894. The maximum Gasteiger partial charge on any atom is 0.308 e. The first-order valence-corrected chi connectivity index (χ1v) is 9.98. The number of hydrogen-bond acceptors (Lipinski definition) is 5. The van der Waals surface area contributed by atoms with Crippen molar-refractivity contribution in [2.75, 3.05) is 6.61 Å². The maximum atomic E-state index is 11.4. The lowest BCUT2D eigenvalue weighted by Gasteiger charge is -2.21. The molecule has 1 aliphatic rings. The van der Waals surface area contributed by atoms with E-state index in [2.05, 4.69) is 39.8 Å². The minimum Gasteiger partial charge on any atom is -0.487 e. The Balaban J connectivity index is 2.03. The van der Waals surface area contributed by atoms with Crippen LogP contribution < -0.4 is 4.74 Å². The van der Waals surface area contributed by atoms with Gasteiger partial charge in [-0.3, -0.25) is 4.79 Å². The quantitative estimate of drug-likeness (QED) is 0.643. The normalized spacial score (nSPS) is 17.3. The molecular weight excluding hydrogens is 344 g/mol. The van der Waals surface area contributed by atoms with E-state index in [-0.39, 0.29) is 18.4 Å². The summed E-state index contributed by atoms with van der Waals surface area (Å²) in [6, 6.07) is 4.33. The zero-order valence-electron chi connectivity index (χ0n) is 17.2. The summed E-state index contributed by atoms with van der Waals surface area (Å²) in [4.78, 5) is 11.4.